The molecule has 1 aliphatic heterocycles. The number of hydrogen-bond acceptors (Lipinski definition) is 3. The molecule has 2 aromatic rings. The number of fused-ring (bicyclic) bond motifs is 3. The van der Waals surface area contributed by atoms with Crippen LogP contribution in [0.1, 0.15) is 30.4 Å². The number of carbonyl (C=O) groups excluding carboxylic acids is 1. The standard InChI is InChI=1S/C21H21NO4/c1-21(19(23)24)10-11-22(13-21)20(25)26-12-18-16-8-4-2-6-14(16)15-7-3-5-9-17(15)18/h2-9,18H,10-13H2,1H3,(H,23,24)/t21-/m1/s1. The van der Waals surface area contributed by atoms with Gasteiger partial charge in [-0.1, -0.05) is 48.5 Å². The molecule has 1 fully saturated rings. The Bertz CT molecular complexity index is 832. The molecule has 0 aromatic heterocycles. The van der Waals surface area contributed by atoms with Crippen molar-refractivity contribution < 1.29 is 19.4 Å². The lowest BCUT2D eigenvalue weighted by molar-refractivity contribution is -0.147. The van der Waals surface area contributed by atoms with Gasteiger partial charge in [0.25, 0.3) is 0 Å². The summed E-state index contributed by atoms with van der Waals surface area (Å²) in [6, 6.07) is 16.4. The Morgan fingerprint density at radius 2 is 1.69 bits per heavy atom. The minimum absolute atomic E-state index is 0.0137. The third-order valence-electron chi connectivity index (χ3n) is 5.58. The molecule has 1 atom stereocenters. The van der Waals surface area contributed by atoms with E-state index >= 15 is 0 Å². The topological polar surface area (TPSA) is 66.8 Å². The summed E-state index contributed by atoms with van der Waals surface area (Å²) < 4.78 is 5.59. The Labute approximate surface area is 152 Å². The molecule has 4 rings (SSSR count). The van der Waals surface area contributed by atoms with Crippen LogP contribution in [0.2, 0.25) is 0 Å². The van der Waals surface area contributed by atoms with Crippen molar-refractivity contribution in [1.29, 1.82) is 0 Å². The van der Waals surface area contributed by atoms with Crippen molar-refractivity contribution in [1.82, 2.24) is 4.90 Å². The fourth-order valence-corrected chi connectivity index (χ4v) is 3.98. The van der Waals surface area contributed by atoms with Crippen LogP contribution in [0.25, 0.3) is 11.1 Å². The molecule has 2 aromatic carbocycles. The normalized spacial score (nSPS) is 21.3. The van der Waals surface area contributed by atoms with Gasteiger partial charge in [-0.15, -0.1) is 0 Å². The van der Waals surface area contributed by atoms with Gasteiger partial charge < -0.3 is 14.7 Å². The minimum atomic E-state index is -0.883. The fourth-order valence-electron chi connectivity index (χ4n) is 3.98. The lowest BCUT2D eigenvalue weighted by Crippen LogP contribution is -2.35. The number of carboxylic acids is 1. The monoisotopic (exact) mass is 351 g/mol. The van der Waals surface area contributed by atoms with Gasteiger partial charge in [0.15, 0.2) is 0 Å². The van der Waals surface area contributed by atoms with Crippen LogP contribution in [0.5, 0.6) is 0 Å². The Kier molecular flexibility index (Phi) is 3.94. The summed E-state index contributed by atoms with van der Waals surface area (Å²) in [6.07, 6.45) is 0.0174. The molecule has 0 spiro atoms. The van der Waals surface area contributed by atoms with Crippen molar-refractivity contribution in [2.75, 3.05) is 19.7 Å². The summed E-state index contributed by atoms with van der Waals surface area (Å²) in [6.45, 7) is 2.54. The quantitative estimate of drug-likeness (QED) is 0.915. The number of nitrogens with zero attached hydrogens (tertiary/aromatic N) is 1. The van der Waals surface area contributed by atoms with E-state index in [1.165, 1.54) is 27.2 Å². The van der Waals surface area contributed by atoms with E-state index in [0.29, 0.717) is 13.0 Å². The Morgan fingerprint density at radius 1 is 1.12 bits per heavy atom. The van der Waals surface area contributed by atoms with Gasteiger partial charge in [-0.2, -0.15) is 0 Å². The van der Waals surface area contributed by atoms with Gasteiger partial charge in [0.1, 0.15) is 6.61 Å². The molecule has 0 radical (unpaired) electrons. The number of aliphatic carboxylic acids is 1. The van der Waals surface area contributed by atoms with E-state index in [2.05, 4.69) is 24.3 Å². The van der Waals surface area contributed by atoms with Crippen molar-refractivity contribution in [2.24, 2.45) is 5.41 Å². The molecule has 5 nitrogen and oxygen atoms in total. The summed E-state index contributed by atoms with van der Waals surface area (Å²) in [4.78, 5) is 25.3. The number of carboxylic acid groups (broad SMARTS) is 1. The van der Waals surface area contributed by atoms with Crippen molar-refractivity contribution >= 4 is 12.1 Å². The highest BCUT2D eigenvalue weighted by molar-refractivity contribution is 5.79. The highest BCUT2D eigenvalue weighted by Gasteiger charge is 2.43. The first-order valence-corrected chi connectivity index (χ1v) is 8.83. The van der Waals surface area contributed by atoms with Crippen LogP contribution in [-0.2, 0) is 9.53 Å². The van der Waals surface area contributed by atoms with Crippen LogP contribution in [0, 0.1) is 5.41 Å². The Hall–Kier alpha value is -2.82. The maximum Gasteiger partial charge on any atom is 0.409 e. The number of carbonyl (C=O) groups is 2. The molecule has 1 amide bonds. The second-order valence-electron chi connectivity index (χ2n) is 7.34. The fraction of sp³-hybridized carbons (Fsp3) is 0.333. The van der Waals surface area contributed by atoms with Gasteiger partial charge in [-0.25, -0.2) is 4.79 Å². The molecule has 1 aliphatic carbocycles. The maximum absolute atomic E-state index is 12.4. The molecule has 5 heteroatoms. The predicted molar refractivity (Wildman–Crippen MR) is 97.0 cm³/mol. The molecule has 0 unspecified atom stereocenters. The molecule has 0 bridgehead atoms. The molecule has 134 valence electrons. The Morgan fingerprint density at radius 3 is 2.23 bits per heavy atom. The van der Waals surface area contributed by atoms with E-state index < -0.39 is 17.5 Å². The highest BCUT2D eigenvalue weighted by Crippen LogP contribution is 2.44. The first-order chi connectivity index (χ1) is 12.5. The second-order valence-corrected chi connectivity index (χ2v) is 7.34. The van der Waals surface area contributed by atoms with E-state index in [9.17, 15) is 14.7 Å². The molecule has 1 saturated heterocycles. The van der Waals surface area contributed by atoms with E-state index in [4.69, 9.17) is 4.74 Å². The van der Waals surface area contributed by atoms with Crippen LogP contribution in [0.3, 0.4) is 0 Å². The molecule has 0 saturated carbocycles. The third-order valence-corrected chi connectivity index (χ3v) is 5.58. The molecule has 26 heavy (non-hydrogen) atoms. The van der Waals surface area contributed by atoms with E-state index in [-0.39, 0.29) is 19.1 Å². The van der Waals surface area contributed by atoms with Crippen LogP contribution < -0.4 is 0 Å². The van der Waals surface area contributed by atoms with Crippen molar-refractivity contribution in [2.45, 2.75) is 19.3 Å². The zero-order chi connectivity index (χ0) is 18.3. The zero-order valence-corrected chi connectivity index (χ0v) is 14.6. The van der Waals surface area contributed by atoms with Crippen molar-refractivity contribution in [3.63, 3.8) is 0 Å². The summed E-state index contributed by atoms with van der Waals surface area (Å²) in [7, 11) is 0. The largest absolute Gasteiger partial charge is 0.481 e. The zero-order valence-electron chi connectivity index (χ0n) is 14.6. The third kappa shape index (κ3) is 2.64. The van der Waals surface area contributed by atoms with Crippen LogP contribution in [0.4, 0.5) is 4.79 Å². The summed E-state index contributed by atoms with van der Waals surface area (Å²) >= 11 is 0. The average molecular weight is 351 g/mol. The van der Waals surface area contributed by atoms with Crippen LogP contribution in [0.15, 0.2) is 48.5 Å². The number of rotatable bonds is 3. The highest BCUT2D eigenvalue weighted by atomic mass is 16.6. The Balaban J connectivity index is 1.49. The van der Waals surface area contributed by atoms with Crippen LogP contribution >= 0.6 is 0 Å². The average Bonchev–Trinajstić information content (AvgIpc) is 3.20. The number of benzene rings is 2. The number of ether oxygens (including phenoxy) is 1. The summed E-state index contributed by atoms with van der Waals surface area (Å²) in [5.41, 5.74) is 3.81. The number of amides is 1. The SMILES string of the molecule is C[C@@]1(C(=O)O)CCN(C(=O)OCC2c3ccccc3-c3ccccc32)C1. The first kappa shape index (κ1) is 16.6. The van der Waals surface area contributed by atoms with Crippen molar-refractivity contribution in [3.05, 3.63) is 59.7 Å². The van der Waals surface area contributed by atoms with Crippen molar-refractivity contribution in [3.8, 4) is 11.1 Å². The smallest absolute Gasteiger partial charge is 0.409 e. The molecule has 1 heterocycles. The van der Waals surface area contributed by atoms with Gasteiger partial charge in [-0.05, 0) is 35.6 Å². The lowest BCUT2D eigenvalue weighted by atomic mass is 9.90. The van der Waals surface area contributed by atoms with Crippen LogP contribution in [-0.4, -0.2) is 41.8 Å². The van der Waals surface area contributed by atoms with Gasteiger partial charge in [0, 0.05) is 19.0 Å². The van der Waals surface area contributed by atoms with Gasteiger partial charge in [-0.3, -0.25) is 4.79 Å². The number of hydrogen-bond donors (Lipinski definition) is 1. The van der Waals surface area contributed by atoms with Gasteiger partial charge in [0.05, 0.1) is 5.41 Å². The summed E-state index contributed by atoms with van der Waals surface area (Å²) in [5.74, 6) is -0.855. The maximum atomic E-state index is 12.4. The molecular weight excluding hydrogens is 330 g/mol. The first-order valence-electron chi connectivity index (χ1n) is 8.83. The minimum Gasteiger partial charge on any atom is -0.481 e. The molecular formula is C21H21NO4. The second kappa shape index (κ2) is 6.16. The number of likely N-dealkylation sites (tertiary alicyclic amines) is 1. The van der Waals surface area contributed by atoms with Gasteiger partial charge >= 0.3 is 12.1 Å². The predicted octanol–water partition coefficient (Wildman–Crippen LogP) is 3.73. The lowest BCUT2D eigenvalue weighted by Gasteiger charge is -2.21. The molecule has 2 aliphatic rings. The van der Waals surface area contributed by atoms with E-state index in [1.807, 2.05) is 24.3 Å². The van der Waals surface area contributed by atoms with Gasteiger partial charge in [0.2, 0.25) is 0 Å². The summed E-state index contributed by atoms with van der Waals surface area (Å²) in [5, 5.41) is 9.31. The van der Waals surface area contributed by atoms with E-state index in [1.54, 1.807) is 6.92 Å². The molecule has 1 N–H and O–H groups in total. The van der Waals surface area contributed by atoms with E-state index in [0.717, 1.165) is 0 Å².